The van der Waals surface area contributed by atoms with Crippen LogP contribution in [0.15, 0.2) is 42.6 Å². The van der Waals surface area contributed by atoms with Gasteiger partial charge in [0.1, 0.15) is 5.75 Å². The van der Waals surface area contributed by atoms with Gasteiger partial charge in [-0.05, 0) is 69.1 Å². The third-order valence-corrected chi connectivity index (χ3v) is 4.27. The molecule has 4 nitrogen and oxygen atoms in total. The lowest BCUT2D eigenvalue weighted by Gasteiger charge is -2.20. The molecule has 1 aromatic carbocycles. The van der Waals surface area contributed by atoms with Crippen LogP contribution < -0.4 is 4.74 Å². The number of aromatic nitrogens is 2. The van der Waals surface area contributed by atoms with Crippen LogP contribution in [0.4, 0.5) is 0 Å². The van der Waals surface area contributed by atoms with Crippen molar-refractivity contribution >= 4 is 0 Å². The van der Waals surface area contributed by atoms with E-state index in [-0.39, 0.29) is 0 Å². The molecule has 1 atom stereocenters. The number of hydrogen-bond donors (Lipinski definition) is 0. The number of likely N-dealkylation sites (tertiary alicyclic amines) is 1. The van der Waals surface area contributed by atoms with Crippen LogP contribution in [0.2, 0.25) is 0 Å². The molecule has 0 unspecified atom stereocenters. The first-order valence-corrected chi connectivity index (χ1v) is 8.08. The van der Waals surface area contributed by atoms with Gasteiger partial charge in [0.15, 0.2) is 0 Å². The number of ether oxygens (including phenoxy) is 1. The van der Waals surface area contributed by atoms with E-state index < -0.39 is 0 Å². The summed E-state index contributed by atoms with van der Waals surface area (Å²) in [6, 6.07) is 12.7. The summed E-state index contributed by atoms with van der Waals surface area (Å²) >= 11 is 0. The Morgan fingerprint density at radius 2 is 2.09 bits per heavy atom. The second kappa shape index (κ2) is 7.36. The molecule has 0 spiro atoms. The normalized spacial score (nSPS) is 18.5. The summed E-state index contributed by atoms with van der Waals surface area (Å²) < 4.78 is 5.83. The highest BCUT2D eigenvalue weighted by atomic mass is 16.5. The van der Waals surface area contributed by atoms with Gasteiger partial charge in [-0.2, -0.15) is 10.2 Å². The van der Waals surface area contributed by atoms with Crippen molar-refractivity contribution in [3.8, 4) is 17.0 Å². The van der Waals surface area contributed by atoms with Gasteiger partial charge in [-0.15, -0.1) is 0 Å². The zero-order chi connectivity index (χ0) is 15.2. The van der Waals surface area contributed by atoms with Gasteiger partial charge in [0.2, 0.25) is 0 Å². The number of nitrogens with zero attached hydrogens (tertiary/aromatic N) is 3. The summed E-state index contributed by atoms with van der Waals surface area (Å²) in [5.41, 5.74) is 1.95. The summed E-state index contributed by atoms with van der Waals surface area (Å²) in [6.07, 6.45) is 5.44. The second-order valence-electron chi connectivity index (χ2n) is 5.86. The average molecular weight is 297 g/mol. The van der Waals surface area contributed by atoms with Crippen LogP contribution in [0, 0.1) is 0 Å². The minimum atomic E-state index is 0.742. The summed E-state index contributed by atoms with van der Waals surface area (Å²) in [5, 5.41) is 8.01. The summed E-state index contributed by atoms with van der Waals surface area (Å²) in [7, 11) is 0. The Morgan fingerprint density at radius 1 is 1.23 bits per heavy atom. The van der Waals surface area contributed by atoms with Crippen LogP contribution in [0.1, 0.15) is 26.2 Å². The molecule has 1 aliphatic rings. The highest BCUT2D eigenvalue weighted by Gasteiger charge is 2.18. The van der Waals surface area contributed by atoms with Crippen molar-refractivity contribution in [1.29, 1.82) is 0 Å². The summed E-state index contributed by atoms with van der Waals surface area (Å²) in [6.45, 7) is 5.47. The largest absolute Gasteiger partial charge is 0.494 e. The lowest BCUT2D eigenvalue weighted by Crippen LogP contribution is -2.28. The minimum Gasteiger partial charge on any atom is -0.494 e. The van der Waals surface area contributed by atoms with E-state index in [2.05, 4.69) is 22.0 Å². The predicted molar refractivity (Wildman–Crippen MR) is 87.8 cm³/mol. The highest BCUT2D eigenvalue weighted by molar-refractivity contribution is 5.59. The molecule has 4 heteroatoms. The summed E-state index contributed by atoms with van der Waals surface area (Å²) in [4.78, 5) is 2.56. The number of rotatable bonds is 6. The maximum atomic E-state index is 5.83. The first-order valence-electron chi connectivity index (χ1n) is 8.08. The highest BCUT2D eigenvalue weighted by Crippen LogP contribution is 2.20. The molecular weight excluding hydrogens is 274 g/mol. The Hall–Kier alpha value is -1.94. The van der Waals surface area contributed by atoms with Crippen LogP contribution in [0.25, 0.3) is 11.3 Å². The van der Waals surface area contributed by atoms with Gasteiger partial charge < -0.3 is 9.64 Å². The molecule has 1 saturated heterocycles. The van der Waals surface area contributed by atoms with E-state index in [1.54, 1.807) is 6.20 Å². The first-order chi connectivity index (χ1) is 10.8. The Balaban J connectivity index is 1.45. The fourth-order valence-corrected chi connectivity index (χ4v) is 2.96. The molecule has 1 aromatic heterocycles. The molecule has 0 N–H and O–H groups in total. The van der Waals surface area contributed by atoms with E-state index >= 15 is 0 Å². The molecule has 3 rings (SSSR count). The fourth-order valence-electron chi connectivity index (χ4n) is 2.96. The Morgan fingerprint density at radius 3 is 2.77 bits per heavy atom. The Labute approximate surface area is 132 Å². The van der Waals surface area contributed by atoms with E-state index in [0.717, 1.165) is 42.6 Å². The maximum Gasteiger partial charge on any atom is 0.119 e. The van der Waals surface area contributed by atoms with Gasteiger partial charge >= 0.3 is 0 Å². The average Bonchev–Trinajstić information content (AvgIpc) is 2.98. The standard InChI is InChI=1S/C18H23N3O/c1-15-5-3-12-21(15)13-4-14-22-17-9-7-16(8-10-17)18-6-2-11-19-20-18/h2,6-11,15H,3-5,12-14H2,1H3/t15-/m1/s1. The van der Waals surface area contributed by atoms with E-state index in [1.165, 1.54) is 19.4 Å². The fraction of sp³-hybridized carbons (Fsp3) is 0.444. The third-order valence-electron chi connectivity index (χ3n) is 4.27. The predicted octanol–water partition coefficient (Wildman–Crippen LogP) is 3.40. The molecule has 116 valence electrons. The summed E-state index contributed by atoms with van der Waals surface area (Å²) in [5.74, 6) is 0.919. The van der Waals surface area contributed by atoms with Gasteiger partial charge in [-0.3, -0.25) is 0 Å². The molecule has 1 fully saturated rings. The van der Waals surface area contributed by atoms with Gasteiger partial charge in [0, 0.05) is 24.3 Å². The monoisotopic (exact) mass is 297 g/mol. The van der Waals surface area contributed by atoms with Crippen molar-refractivity contribution < 1.29 is 4.74 Å². The van der Waals surface area contributed by atoms with Crippen molar-refractivity contribution in [1.82, 2.24) is 15.1 Å². The Kier molecular flexibility index (Phi) is 5.01. The number of benzene rings is 1. The molecule has 0 saturated carbocycles. The van der Waals surface area contributed by atoms with Gasteiger partial charge in [0.05, 0.1) is 12.3 Å². The van der Waals surface area contributed by atoms with Crippen LogP contribution in [-0.4, -0.2) is 40.8 Å². The quantitative estimate of drug-likeness (QED) is 0.766. The lowest BCUT2D eigenvalue weighted by molar-refractivity contribution is 0.230. The van der Waals surface area contributed by atoms with Crippen molar-refractivity contribution in [3.05, 3.63) is 42.6 Å². The smallest absolute Gasteiger partial charge is 0.119 e. The van der Waals surface area contributed by atoms with Gasteiger partial charge in [-0.25, -0.2) is 0 Å². The zero-order valence-electron chi connectivity index (χ0n) is 13.1. The van der Waals surface area contributed by atoms with Crippen LogP contribution in [0.3, 0.4) is 0 Å². The topological polar surface area (TPSA) is 38.2 Å². The van der Waals surface area contributed by atoms with Crippen molar-refractivity contribution in [2.45, 2.75) is 32.2 Å². The Bertz CT molecular complexity index is 571. The van der Waals surface area contributed by atoms with Crippen molar-refractivity contribution in [2.24, 2.45) is 0 Å². The molecule has 0 bridgehead atoms. The second-order valence-corrected chi connectivity index (χ2v) is 5.86. The van der Waals surface area contributed by atoms with Crippen molar-refractivity contribution in [3.63, 3.8) is 0 Å². The molecule has 0 radical (unpaired) electrons. The van der Waals surface area contributed by atoms with E-state index in [4.69, 9.17) is 4.74 Å². The molecular formula is C18H23N3O. The van der Waals surface area contributed by atoms with Crippen LogP contribution in [-0.2, 0) is 0 Å². The maximum absolute atomic E-state index is 5.83. The van der Waals surface area contributed by atoms with Gasteiger partial charge in [0.25, 0.3) is 0 Å². The van der Waals surface area contributed by atoms with E-state index in [1.807, 2.05) is 36.4 Å². The molecule has 1 aliphatic heterocycles. The number of hydrogen-bond acceptors (Lipinski definition) is 4. The van der Waals surface area contributed by atoms with Crippen LogP contribution >= 0.6 is 0 Å². The van der Waals surface area contributed by atoms with Gasteiger partial charge in [-0.1, -0.05) is 0 Å². The van der Waals surface area contributed by atoms with Crippen molar-refractivity contribution in [2.75, 3.05) is 19.7 Å². The third kappa shape index (κ3) is 3.83. The SMILES string of the molecule is C[C@@H]1CCCN1CCCOc1ccc(-c2cccnn2)cc1. The molecule has 0 amide bonds. The lowest BCUT2D eigenvalue weighted by atomic mass is 10.1. The van der Waals surface area contributed by atoms with Crippen LogP contribution in [0.5, 0.6) is 5.75 Å². The van der Waals surface area contributed by atoms with E-state index in [9.17, 15) is 0 Å². The minimum absolute atomic E-state index is 0.742. The van der Waals surface area contributed by atoms with E-state index in [0.29, 0.717) is 0 Å². The first kappa shape index (κ1) is 15.0. The zero-order valence-corrected chi connectivity index (χ0v) is 13.1. The molecule has 22 heavy (non-hydrogen) atoms. The molecule has 2 aromatic rings. The molecule has 0 aliphatic carbocycles. The molecule has 2 heterocycles.